The molecule has 0 saturated carbocycles. The summed E-state index contributed by atoms with van der Waals surface area (Å²) in [4.78, 5) is 30.9. The maximum atomic E-state index is 13.7. The Kier molecular flexibility index (Phi) is 5.01. The summed E-state index contributed by atoms with van der Waals surface area (Å²) in [5.41, 5.74) is -1.14. The summed E-state index contributed by atoms with van der Waals surface area (Å²) in [6.45, 7) is 4.84. The van der Waals surface area contributed by atoms with Crippen molar-refractivity contribution >= 4 is 23.3 Å². The lowest BCUT2D eigenvalue weighted by molar-refractivity contribution is 0.0198. The summed E-state index contributed by atoms with van der Waals surface area (Å²) in [7, 11) is 0. The van der Waals surface area contributed by atoms with Crippen LogP contribution in [0.25, 0.3) is 11.0 Å². The van der Waals surface area contributed by atoms with Gasteiger partial charge in [-0.25, -0.2) is 23.4 Å². The van der Waals surface area contributed by atoms with E-state index in [4.69, 9.17) is 14.2 Å². The normalized spacial score (nSPS) is 11.3. The van der Waals surface area contributed by atoms with E-state index in [-0.39, 0.29) is 16.8 Å². The molecule has 2 aromatic heterocycles. The number of nitrogens with zero attached hydrogens (tertiary/aromatic N) is 4. The van der Waals surface area contributed by atoms with Crippen LogP contribution in [0.3, 0.4) is 0 Å². The van der Waals surface area contributed by atoms with Crippen LogP contribution in [0.5, 0.6) is 17.6 Å². The van der Waals surface area contributed by atoms with E-state index in [2.05, 4.69) is 15.1 Å². The van der Waals surface area contributed by atoms with E-state index in [1.165, 1.54) is 0 Å². The number of ether oxygens (including phenoxy) is 3. The monoisotopic (exact) mass is 408 g/mol. The third kappa shape index (κ3) is 4.54. The Morgan fingerprint density at radius 3 is 2.55 bits per heavy atom. The minimum atomic E-state index is -1.54. The van der Waals surface area contributed by atoms with Gasteiger partial charge in [-0.15, -0.1) is 9.78 Å². The van der Waals surface area contributed by atoms with Crippen molar-refractivity contribution in [3.8, 4) is 17.6 Å². The second-order valence-corrected chi connectivity index (χ2v) is 6.63. The molecule has 1 aromatic carbocycles. The Labute approximate surface area is 161 Å². The number of hydrogen-bond donors (Lipinski definition) is 1. The van der Waals surface area contributed by atoms with Crippen molar-refractivity contribution in [2.45, 2.75) is 26.4 Å². The Hall–Kier alpha value is -3.83. The van der Waals surface area contributed by atoms with Crippen LogP contribution in [-0.4, -0.2) is 42.7 Å². The van der Waals surface area contributed by atoms with Crippen molar-refractivity contribution in [1.29, 1.82) is 0 Å². The van der Waals surface area contributed by atoms with Crippen molar-refractivity contribution in [3.05, 3.63) is 36.0 Å². The zero-order valence-electron chi connectivity index (χ0n) is 15.3. The molecule has 0 radical (unpaired) electrons. The molecule has 29 heavy (non-hydrogen) atoms. The van der Waals surface area contributed by atoms with Crippen molar-refractivity contribution in [1.82, 2.24) is 19.7 Å². The molecule has 0 unspecified atom stereocenters. The molecule has 0 atom stereocenters. The van der Waals surface area contributed by atoms with Crippen molar-refractivity contribution in [2.24, 2.45) is 0 Å². The van der Waals surface area contributed by atoms with Gasteiger partial charge in [0.05, 0.1) is 0 Å². The van der Waals surface area contributed by atoms with Gasteiger partial charge in [0.2, 0.25) is 0 Å². The summed E-state index contributed by atoms with van der Waals surface area (Å²) in [6, 6.07) is 2.14. The SMILES string of the molecule is CC(C)(C)OC(=O)Oc1nn(C(=O)O)c2nc(Oc3ccc(F)cc3F)ncc12. The zero-order valence-corrected chi connectivity index (χ0v) is 15.3. The van der Waals surface area contributed by atoms with Crippen LogP contribution in [-0.2, 0) is 4.74 Å². The van der Waals surface area contributed by atoms with Crippen molar-refractivity contribution in [2.75, 3.05) is 0 Å². The van der Waals surface area contributed by atoms with Crippen molar-refractivity contribution < 1.29 is 37.7 Å². The highest BCUT2D eigenvalue weighted by molar-refractivity contribution is 5.89. The fraction of sp³-hybridized carbons (Fsp3) is 0.235. The highest BCUT2D eigenvalue weighted by Crippen LogP contribution is 2.28. The molecule has 0 aliphatic heterocycles. The van der Waals surface area contributed by atoms with Crippen LogP contribution in [0.4, 0.5) is 18.4 Å². The largest absolute Gasteiger partial charge is 0.515 e. The van der Waals surface area contributed by atoms with E-state index in [1.54, 1.807) is 20.8 Å². The minimum Gasteiger partial charge on any atom is -0.463 e. The quantitative estimate of drug-likeness (QED) is 0.645. The predicted octanol–water partition coefficient (Wildman–Crippen LogP) is 3.74. The minimum absolute atomic E-state index is 0.0369. The standard InChI is InChI=1S/C17H14F2N4O6/c1-17(2,3)29-16(26)28-13-9-7-20-14(21-12(9)23(22-13)15(24)25)27-11-5-4-8(18)6-10(11)19/h4-7H,1-3H3,(H,24,25). The predicted molar refractivity (Wildman–Crippen MR) is 92.0 cm³/mol. The Morgan fingerprint density at radius 2 is 1.93 bits per heavy atom. The maximum Gasteiger partial charge on any atom is 0.515 e. The molecule has 0 bridgehead atoms. The number of halogens is 2. The van der Waals surface area contributed by atoms with E-state index in [1.807, 2.05) is 0 Å². The highest BCUT2D eigenvalue weighted by atomic mass is 19.1. The molecule has 2 heterocycles. The second-order valence-electron chi connectivity index (χ2n) is 6.63. The lowest BCUT2D eigenvalue weighted by Crippen LogP contribution is -2.26. The number of carbonyl (C=O) groups excluding carboxylic acids is 1. The van der Waals surface area contributed by atoms with Crippen LogP contribution in [0.1, 0.15) is 20.8 Å². The summed E-state index contributed by atoms with van der Waals surface area (Å²) in [5, 5.41) is 12.9. The average Bonchev–Trinajstić information content (AvgIpc) is 2.94. The Morgan fingerprint density at radius 1 is 1.21 bits per heavy atom. The Balaban J connectivity index is 1.96. The number of rotatable bonds is 3. The first kappa shape index (κ1) is 19.9. The summed E-state index contributed by atoms with van der Waals surface area (Å²) < 4.78 is 42.2. The molecule has 3 aromatic rings. The van der Waals surface area contributed by atoms with Gasteiger partial charge in [0, 0.05) is 12.3 Å². The van der Waals surface area contributed by atoms with E-state index >= 15 is 0 Å². The first-order chi connectivity index (χ1) is 13.5. The lowest BCUT2D eigenvalue weighted by Gasteiger charge is -2.17. The average molecular weight is 408 g/mol. The molecule has 0 aliphatic rings. The van der Waals surface area contributed by atoms with Crippen LogP contribution >= 0.6 is 0 Å². The van der Waals surface area contributed by atoms with E-state index < -0.39 is 41.4 Å². The molecule has 0 saturated heterocycles. The van der Waals surface area contributed by atoms with Gasteiger partial charge in [-0.05, 0) is 32.9 Å². The fourth-order valence-corrected chi connectivity index (χ4v) is 2.13. The lowest BCUT2D eigenvalue weighted by atomic mass is 10.2. The third-order valence-electron chi connectivity index (χ3n) is 3.21. The maximum absolute atomic E-state index is 13.7. The fourth-order valence-electron chi connectivity index (χ4n) is 2.13. The summed E-state index contributed by atoms with van der Waals surface area (Å²) in [6.07, 6.45) is -1.57. The zero-order chi connectivity index (χ0) is 21.3. The number of benzene rings is 1. The first-order valence-corrected chi connectivity index (χ1v) is 8.06. The third-order valence-corrected chi connectivity index (χ3v) is 3.21. The molecule has 0 amide bonds. The number of aromatic nitrogens is 4. The summed E-state index contributed by atoms with van der Waals surface area (Å²) in [5.74, 6) is -2.60. The molecule has 3 rings (SSSR count). The number of hydrogen-bond acceptors (Lipinski definition) is 8. The van der Waals surface area contributed by atoms with Gasteiger partial charge in [0.1, 0.15) is 16.8 Å². The highest BCUT2D eigenvalue weighted by Gasteiger charge is 2.24. The van der Waals surface area contributed by atoms with Gasteiger partial charge in [-0.3, -0.25) is 0 Å². The molecule has 12 heteroatoms. The van der Waals surface area contributed by atoms with Gasteiger partial charge in [-0.1, -0.05) is 0 Å². The molecule has 152 valence electrons. The van der Waals surface area contributed by atoms with Gasteiger partial charge in [0.25, 0.3) is 5.88 Å². The molecule has 0 aliphatic carbocycles. The van der Waals surface area contributed by atoms with E-state index in [0.717, 1.165) is 18.3 Å². The van der Waals surface area contributed by atoms with E-state index in [9.17, 15) is 23.5 Å². The van der Waals surface area contributed by atoms with E-state index in [0.29, 0.717) is 10.7 Å². The van der Waals surface area contributed by atoms with Gasteiger partial charge < -0.3 is 19.3 Å². The van der Waals surface area contributed by atoms with Crippen LogP contribution in [0.15, 0.2) is 24.4 Å². The first-order valence-electron chi connectivity index (χ1n) is 8.06. The molecule has 0 spiro atoms. The number of carbonyl (C=O) groups is 2. The van der Waals surface area contributed by atoms with Crippen molar-refractivity contribution in [3.63, 3.8) is 0 Å². The summed E-state index contributed by atoms with van der Waals surface area (Å²) >= 11 is 0. The molecule has 10 nitrogen and oxygen atoms in total. The second kappa shape index (κ2) is 7.30. The molecular weight excluding hydrogens is 394 g/mol. The number of carboxylic acid groups (broad SMARTS) is 1. The topological polar surface area (TPSA) is 126 Å². The molecule has 0 fully saturated rings. The number of fused-ring (bicyclic) bond motifs is 1. The van der Waals surface area contributed by atoms with Crippen LogP contribution in [0, 0.1) is 11.6 Å². The van der Waals surface area contributed by atoms with Gasteiger partial charge in [-0.2, -0.15) is 4.98 Å². The van der Waals surface area contributed by atoms with Crippen LogP contribution < -0.4 is 9.47 Å². The van der Waals surface area contributed by atoms with Gasteiger partial charge >= 0.3 is 18.3 Å². The molecule has 1 N–H and O–H groups in total. The Bertz CT molecular complexity index is 1110. The van der Waals surface area contributed by atoms with Crippen LogP contribution in [0.2, 0.25) is 0 Å². The smallest absolute Gasteiger partial charge is 0.463 e. The van der Waals surface area contributed by atoms with Gasteiger partial charge in [0.15, 0.2) is 17.2 Å². The molecular formula is C17H14F2N4O6.